The molecule has 0 amide bonds. The van der Waals surface area contributed by atoms with Gasteiger partial charge in [-0.05, 0) is 49.6 Å². The molecule has 1 heterocycles. The molecule has 0 aromatic heterocycles. The Kier molecular flexibility index (Phi) is 6.69. The van der Waals surface area contributed by atoms with Gasteiger partial charge in [0.05, 0.1) is 7.11 Å². The highest BCUT2D eigenvalue weighted by atomic mass is 16.6. The highest BCUT2D eigenvalue weighted by Gasteiger charge is 2.43. The number of benzene rings is 2. The van der Waals surface area contributed by atoms with Crippen molar-refractivity contribution in [3.8, 4) is 11.5 Å². The molecule has 1 aliphatic carbocycles. The number of ether oxygens (including phenoxy) is 3. The lowest BCUT2D eigenvalue weighted by Crippen LogP contribution is -2.37. The Balaban J connectivity index is 1.57. The van der Waals surface area contributed by atoms with Crippen molar-refractivity contribution in [3.05, 3.63) is 71.4 Å². The Labute approximate surface area is 187 Å². The van der Waals surface area contributed by atoms with Gasteiger partial charge >= 0.3 is 5.97 Å². The second-order valence-electron chi connectivity index (χ2n) is 7.95. The van der Waals surface area contributed by atoms with Gasteiger partial charge in [0.2, 0.25) is 0 Å². The van der Waals surface area contributed by atoms with E-state index in [4.69, 9.17) is 14.2 Å². The first-order valence-electron chi connectivity index (χ1n) is 10.9. The molecule has 32 heavy (non-hydrogen) atoms. The lowest BCUT2D eigenvalue weighted by Gasteiger charge is -2.34. The number of ketones is 1. The van der Waals surface area contributed by atoms with Crippen LogP contribution in [0.1, 0.15) is 37.7 Å². The average Bonchev–Trinajstić information content (AvgIpc) is 2.81. The van der Waals surface area contributed by atoms with Gasteiger partial charge < -0.3 is 14.2 Å². The number of hydrogen-bond acceptors (Lipinski definition) is 6. The third-order valence-electron chi connectivity index (χ3n) is 5.88. The van der Waals surface area contributed by atoms with Gasteiger partial charge in [-0.25, -0.2) is 0 Å². The summed E-state index contributed by atoms with van der Waals surface area (Å²) < 4.78 is 16.6. The fourth-order valence-corrected chi connectivity index (χ4v) is 4.42. The summed E-state index contributed by atoms with van der Waals surface area (Å²) in [5.74, 6) is -0.0546. The zero-order chi connectivity index (χ0) is 22.5. The quantitative estimate of drug-likeness (QED) is 0.475. The number of aliphatic imine (C=N–C) groups is 1. The monoisotopic (exact) mass is 433 g/mol. The molecule has 2 aliphatic rings. The van der Waals surface area contributed by atoms with Crippen LogP contribution >= 0.6 is 0 Å². The number of hydrogen-bond donors (Lipinski definition) is 0. The topological polar surface area (TPSA) is 74.2 Å². The van der Waals surface area contributed by atoms with E-state index in [0.717, 1.165) is 29.9 Å². The number of allylic oxidation sites excluding steroid dienone is 2. The van der Waals surface area contributed by atoms with E-state index in [1.54, 1.807) is 7.11 Å². The second kappa shape index (κ2) is 9.81. The number of methoxy groups -OCH3 is 1. The van der Waals surface area contributed by atoms with Crippen molar-refractivity contribution in [3.63, 3.8) is 0 Å². The second-order valence-corrected chi connectivity index (χ2v) is 7.95. The highest BCUT2D eigenvalue weighted by molar-refractivity contribution is 6.08. The van der Waals surface area contributed by atoms with Crippen molar-refractivity contribution in [1.29, 1.82) is 0 Å². The maximum atomic E-state index is 13.2. The van der Waals surface area contributed by atoms with Gasteiger partial charge in [0.1, 0.15) is 30.6 Å². The number of esters is 1. The minimum atomic E-state index is -0.667. The molecule has 0 bridgehead atoms. The van der Waals surface area contributed by atoms with Crippen LogP contribution in [0, 0.1) is 5.92 Å². The molecule has 4 rings (SSSR count). The van der Waals surface area contributed by atoms with Crippen LogP contribution in [0.15, 0.2) is 70.9 Å². The summed E-state index contributed by atoms with van der Waals surface area (Å²) in [5.41, 5.74) is 2.95. The fourth-order valence-electron chi connectivity index (χ4n) is 4.42. The van der Waals surface area contributed by atoms with Crippen molar-refractivity contribution in [2.45, 2.75) is 32.1 Å². The Morgan fingerprint density at radius 2 is 1.81 bits per heavy atom. The average molecular weight is 434 g/mol. The van der Waals surface area contributed by atoms with Crippen LogP contribution < -0.4 is 9.47 Å². The van der Waals surface area contributed by atoms with Gasteiger partial charge in [0, 0.05) is 29.3 Å². The number of rotatable bonds is 7. The summed E-state index contributed by atoms with van der Waals surface area (Å²) >= 11 is 0. The van der Waals surface area contributed by atoms with E-state index >= 15 is 0 Å². The van der Waals surface area contributed by atoms with E-state index in [2.05, 4.69) is 4.99 Å². The summed E-state index contributed by atoms with van der Waals surface area (Å²) in [4.78, 5) is 30.8. The van der Waals surface area contributed by atoms with Gasteiger partial charge in [0.25, 0.3) is 0 Å². The molecule has 2 aromatic carbocycles. The van der Waals surface area contributed by atoms with Crippen molar-refractivity contribution < 1.29 is 23.8 Å². The molecule has 166 valence electrons. The van der Waals surface area contributed by atoms with E-state index in [-0.39, 0.29) is 19.0 Å². The van der Waals surface area contributed by atoms with E-state index < -0.39 is 17.8 Å². The van der Waals surface area contributed by atoms with Crippen molar-refractivity contribution >= 4 is 17.5 Å². The molecule has 0 N–H and O–H groups in total. The van der Waals surface area contributed by atoms with Gasteiger partial charge in [0.15, 0.2) is 5.78 Å². The summed E-state index contributed by atoms with van der Waals surface area (Å²) in [6, 6.07) is 16.9. The molecule has 6 nitrogen and oxygen atoms in total. The third kappa shape index (κ3) is 4.59. The molecule has 0 radical (unpaired) electrons. The first kappa shape index (κ1) is 21.8. The Hall–Kier alpha value is -3.41. The number of para-hydroxylation sites is 1. The first-order chi connectivity index (χ1) is 15.6. The first-order valence-corrected chi connectivity index (χ1v) is 10.9. The zero-order valence-corrected chi connectivity index (χ0v) is 18.4. The number of carbonyl (C=O) groups is 2. The Morgan fingerprint density at radius 1 is 1.03 bits per heavy atom. The Morgan fingerprint density at radius 3 is 2.59 bits per heavy atom. The van der Waals surface area contributed by atoms with Gasteiger partial charge in [-0.2, -0.15) is 0 Å². The molecule has 1 aliphatic heterocycles. The molecule has 2 aromatic rings. The minimum absolute atomic E-state index is 0.0560. The molecular weight excluding hydrogens is 406 g/mol. The van der Waals surface area contributed by atoms with Crippen LogP contribution in [0.4, 0.5) is 0 Å². The predicted molar refractivity (Wildman–Crippen MR) is 121 cm³/mol. The minimum Gasteiger partial charge on any atom is -0.497 e. The molecule has 1 unspecified atom stereocenters. The summed E-state index contributed by atoms with van der Waals surface area (Å²) in [7, 11) is 1.60. The SMILES string of the molecule is COc1cccc([C@@H]2C3=C(CCCC3=O)N=C(C)C2C(=O)OCCOc2ccccc2)c1. The number of carbonyl (C=O) groups excluding carboxylic acids is 2. The van der Waals surface area contributed by atoms with E-state index in [1.165, 1.54) is 0 Å². The molecular formula is C26H27NO5. The molecule has 0 spiro atoms. The molecule has 0 saturated heterocycles. The number of nitrogens with zero attached hydrogens (tertiary/aromatic N) is 1. The van der Waals surface area contributed by atoms with Crippen molar-refractivity contribution in [2.24, 2.45) is 10.9 Å². The maximum absolute atomic E-state index is 13.2. The van der Waals surface area contributed by atoms with Crippen molar-refractivity contribution in [1.82, 2.24) is 0 Å². The van der Waals surface area contributed by atoms with Crippen LogP contribution in [-0.4, -0.2) is 37.8 Å². The zero-order valence-electron chi connectivity index (χ0n) is 18.4. The van der Waals surface area contributed by atoms with Gasteiger partial charge in [-0.15, -0.1) is 0 Å². The smallest absolute Gasteiger partial charge is 0.315 e. The van der Waals surface area contributed by atoms with Crippen LogP contribution in [0.3, 0.4) is 0 Å². The fraction of sp³-hybridized carbons (Fsp3) is 0.346. The summed E-state index contributed by atoms with van der Waals surface area (Å²) in [6.07, 6.45) is 2.00. The van der Waals surface area contributed by atoms with Crippen LogP contribution in [0.2, 0.25) is 0 Å². The standard InChI is InChI=1S/C26H27NO5/c1-17-23(26(29)32-15-14-31-19-9-4-3-5-10-19)24(18-8-6-11-20(16-18)30-2)25-21(27-17)12-7-13-22(25)28/h3-6,8-11,16,23-24H,7,12-15H2,1-2H3/t23?,24-/m0/s1. The van der Waals surface area contributed by atoms with Gasteiger partial charge in [-0.3, -0.25) is 14.6 Å². The summed E-state index contributed by atoms with van der Waals surface area (Å²) in [5, 5.41) is 0. The van der Waals surface area contributed by atoms with E-state index in [1.807, 2.05) is 61.5 Å². The molecule has 2 atom stereocenters. The summed E-state index contributed by atoms with van der Waals surface area (Å²) in [6.45, 7) is 2.19. The van der Waals surface area contributed by atoms with Crippen LogP contribution in [0.5, 0.6) is 11.5 Å². The van der Waals surface area contributed by atoms with E-state index in [9.17, 15) is 9.59 Å². The normalized spacial score (nSPS) is 20.3. The third-order valence-corrected chi connectivity index (χ3v) is 5.88. The van der Waals surface area contributed by atoms with Gasteiger partial charge in [-0.1, -0.05) is 30.3 Å². The van der Waals surface area contributed by atoms with Crippen LogP contribution in [0.25, 0.3) is 0 Å². The van der Waals surface area contributed by atoms with E-state index in [0.29, 0.717) is 23.5 Å². The van der Waals surface area contributed by atoms with Crippen molar-refractivity contribution in [2.75, 3.05) is 20.3 Å². The molecule has 6 heteroatoms. The number of Topliss-reactive ketones (excluding diaryl/α,β-unsaturated/α-hetero) is 1. The lowest BCUT2D eigenvalue weighted by atomic mass is 9.72. The molecule has 0 saturated carbocycles. The predicted octanol–water partition coefficient (Wildman–Crippen LogP) is 4.50. The largest absolute Gasteiger partial charge is 0.497 e. The Bertz CT molecular complexity index is 1060. The highest BCUT2D eigenvalue weighted by Crippen LogP contribution is 2.44. The molecule has 0 fully saturated rings. The van der Waals surface area contributed by atoms with Crippen LogP contribution in [-0.2, 0) is 14.3 Å². The lowest BCUT2D eigenvalue weighted by molar-refractivity contribution is -0.147. The maximum Gasteiger partial charge on any atom is 0.315 e.